The molecule has 0 bridgehead atoms. The average molecular weight is 391 g/mol. The van der Waals surface area contributed by atoms with Crippen LogP contribution in [0, 0.1) is 18.4 Å². The van der Waals surface area contributed by atoms with E-state index in [9.17, 15) is 8.42 Å². The smallest absolute Gasteiger partial charge is 0.247 e. The van der Waals surface area contributed by atoms with E-state index in [4.69, 9.17) is 10.00 Å². The fourth-order valence-electron chi connectivity index (χ4n) is 2.83. The normalized spacial score (nSPS) is 11.2. The summed E-state index contributed by atoms with van der Waals surface area (Å²) in [6, 6.07) is 23.4. The van der Waals surface area contributed by atoms with Gasteiger partial charge < -0.3 is 4.74 Å². The Bertz CT molecular complexity index is 1120. The molecule has 0 unspecified atom stereocenters. The van der Waals surface area contributed by atoms with Gasteiger partial charge in [0, 0.05) is 13.6 Å². The van der Waals surface area contributed by atoms with Gasteiger partial charge in [0.25, 0.3) is 0 Å². The lowest BCUT2D eigenvalue weighted by molar-refractivity contribution is 0.399. The van der Waals surface area contributed by atoms with Crippen molar-refractivity contribution in [2.45, 2.75) is 11.4 Å². The minimum Gasteiger partial charge on any atom is -0.495 e. The second-order valence-corrected chi connectivity index (χ2v) is 8.06. The lowest BCUT2D eigenvalue weighted by atomic mass is 10.0. The van der Waals surface area contributed by atoms with Gasteiger partial charge in [-0.1, -0.05) is 48.5 Å². The first kappa shape index (κ1) is 19.6. The standard InChI is InChI=1S/C22H19N2O3S/c1-24(28(25,26)22-9-4-3-8-21(22)27-2)16-17-10-12-19(13-11-17)20-7-5-6-18(14-20)15-23/h3-14H,1,16H2,2H3. The Labute approximate surface area is 165 Å². The lowest BCUT2D eigenvalue weighted by Gasteiger charge is -2.19. The molecule has 0 atom stereocenters. The van der Waals surface area contributed by atoms with E-state index in [0.29, 0.717) is 5.56 Å². The van der Waals surface area contributed by atoms with Crippen molar-refractivity contribution in [2.24, 2.45) is 0 Å². The Morgan fingerprint density at radius 1 is 1.00 bits per heavy atom. The van der Waals surface area contributed by atoms with E-state index in [1.807, 2.05) is 42.5 Å². The van der Waals surface area contributed by atoms with Crippen molar-refractivity contribution < 1.29 is 13.2 Å². The monoisotopic (exact) mass is 391 g/mol. The summed E-state index contributed by atoms with van der Waals surface area (Å²) >= 11 is 0. The highest BCUT2D eigenvalue weighted by atomic mass is 32.2. The van der Waals surface area contributed by atoms with Crippen LogP contribution in [0.3, 0.4) is 0 Å². The quantitative estimate of drug-likeness (QED) is 0.631. The molecule has 0 amide bonds. The van der Waals surface area contributed by atoms with Crippen molar-refractivity contribution in [1.82, 2.24) is 4.31 Å². The van der Waals surface area contributed by atoms with Crippen LogP contribution in [0.5, 0.6) is 5.75 Å². The largest absolute Gasteiger partial charge is 0.495 e. The SMILES string of the molecule is [CH2]N(Cc1ccc(-c2cccc(C#N)c2)cc1)S(=O)(=O)c1ccccc1OC. The van der Waals surface area contributed by atoms with E-state index < -0.39 is 10.0 Å². The van der Waals surface area contributed by atoms with Crippen LogP contribution in [0.1, 0.15) is 11.1 Å². The zero-order chi connectivity index (χ0) is 20.1. The molecular weight excluding hydrogens is 372 g/mol. The van der Waals surface area contributed by atoms with Crippen LogP contribution >= 0.6 is 0 Å². The van der Waals surface area contributed by atoms with E-state index in [0.717, 1.165) is 21.0 Å². The molecule has 0 fully saturated rings. The van der Waals surface area contributed by atoms with Crippen LogP contribution in [-0.2, 0) is 16.6 Å². The van der Waals surface area contributed by atoms with E-state index in [-0.39, 0.29) is 17.2 Å². The van der Waals surface area contributed by atoms with Gasteiger partial charge in [0.2, 0.25) is 10.0 Å². The minimum atomic E-state index is -3.79. The Kier molecular flexibility index (Phi) is 5.78. The van der Waals surface area contributed by atoms with Crippen LogP contribution in [0.4, 0.5) is 0 Å². The zero-order valence-electron chi connectivity index (χ0n) is 15.4. The van der Waals surface area contributed by atoms with Gasteiger partial charge in [0.05, 0.1) is 18.7 Å². The molecule has 5 nitrogen and oxygen atoms in total. The van der Waals surface area contributed by atoms with Crippen LogP contribution in [-0.4, -0.2) is 19.8 Å². The summed E-state index contributed by atoms with van der Waals surface area (Å²) in [4.78, 5) is 0.0810. The molecule has 0 aromatic heterocycles. The summed E-state index contributed by atoms with van der Waals surface area (Å²) in [6.07, 6.45) is 0. The molecule has 0 aliphatic carbocycles. The van der Waals surface area contributed by atoms with E-state index in [1.165, 1.54) is 13.2 Å². The van der Waals surface area contributed by atoms with Gasteiger partial charge in [-0.05, 0) is 41.0 Å². The van der Waals surface area contributed by atoms with Crippen LogP contribution in [0.25, 0.3) is 11.1 Å². The molecule has 3 aromatic carbocycles. The molecule has 0 heterocycles. The zero-order valence-corrected chi connectivity index (χ0v) is 16.2. The number of nitriles is 1. The number of para-hydroxylation sites is 1. The van der Waals surface area contributed by atoms with Crippen molar-refractivity contribution in [1.29, 1.82) is 5.26 Å². The fourth-order valence-corrected chi connectivity index (χ4v) is 4.08. The minimum absolute atomic E-state index is 0.0810. The first-order valence-electron chi connectivity index (χ1n) is 8.51. The van der Waals surface area contributed by atoms with Crippen molar-refractivity contribution >= 4 is 10.0 Å². The Balaban J connectivity index is 1.81. The van der Waals surface area contributed by atoms with Gasteiger partial charge in [-0.15, -0.1) is 0 Å². The topological polar surface area (TPSA) is 70.4 Å². The van der Waals surface area contributed by atoms with E-state index in [1.54, 1.807) is 24.3 Å². The highest BCUT2D eigenvalue weighted by Crippen LogP contribution is 2.27. The molecular formula is C22H19N2O3S. The maximum atomic E-state index is 12.8. The second kappa shape index (κ2) is 8.26. The lowest BCUT2D eigenvalue weighted by Crippen LogP contribution is -2.25. The number of nitrogens with zero attached hydrogens (tertiary/aromatic N) is 2. The molecule has 0 aliphatic rings. The molecule has 3 rings (SSSR count). The predicted octanol–water partition coefficient (Wildman–Crippen LogP) is 4.22. The number of sulfonamides is 1. The summed E-state index contributed by atoms with van der Waals surface area (Å²) < 4.78 is 31.9. The van der Waals surface area contributed by atoms with Gasteiger partial charge in [-0.25, -0.2) is 8.42 Å². The number of hydrogen-bond acceptors (Lipinski definition) is 4. The van der Waals surface area contributed by atoms with Crippen LogP contribution < -0.4 is 4.74 Å². The molecule has 1 radical (unpaired) electrons. The van der Waals surface area contributed by atoms with E-state index >= 15 is 0 Å². The molecule has 3 aromatic rings. The summed E-state index contributed by atoms with van der Waals surface area (Å²) in [5.74, 6) is 0.281. The Hall–Kier alpha value is -3.14. The summed E-state index contributed by atoms with van der Waals surface area (Å²) in [5, 5.41) is 9.03. The maximum absolute atomic E-state index is 12.8. The van der Waals surface area contributed by atoms with Gasteiger partial charge >= 0.3 is 0 Å². The highest BCUT2D eigenvalue weighted by molar-refractivity contribution is 7.89. The van der Waals surface area contributed by atoms with Gasteiger partial charge in [-0.2, -0.15) is 9.57 Å². The van der Waals surface area contributed by atoms with Gasteiger partial charge in [-0.3, -0.25) is 0 Å². The van der Waals surface area contributed by atoms with Gasteiger partial charge in [0.1, 0.15) is 10.6 Å². The summed E-state index contributed by atoms with van der Waals surface area (Å²) in [5.41, 5.74) is 3.27. The predicted molar refractivity (Wildman–Crippen MR) is 108 cm³/mol. The van der Waals surface area contributed by atoms with Crippen LogP contribution in [0.15, 0.2) is 77.7 Å². The molecule has 0 N–H and O–H groups in total. The number of rotatable bonds is 6. The molecule has 141 valence electrons. The summed E-state index contributed by atoms with van der Waals surface area (Å²) in [6.45, 7) is 0.124. The highest BCUT2D eigenvalue weighted by Gasteiger charge is 2.24. The molecule has 0 saturated heterocycles. The third-order valence-corrected chi connectivity index (χ3v) is 6.03. The van der Waals surface area contributed by atoms with Crippen molar-refractivity contribution in [3.8, 4) is 22.9 Å². The van der Waals surface area contributed by atoms with E-state index in [2.05, 4.69) is 13.1 Å². The van der Waals surface area contributed by atoms with Crippen LogP contribution in [0.2, 0.25) is 0 Å². The van der Waals surface area contributed by atoms with Crippen molar-refractivity contribution in [3.05, 3.63) is 91.0 Å². The molecule has 28 heavy (non-hydrogen) atoms. The first-order valence-corrected chi connectivity index (χ1v) is 9.95. The molecule has 0 spiro atoms. The number of benzene rings is 3. The number of hydrogen-bond donors (Lipinski definition) is 0. The number of methoxy groups -OCH3 is 1. The number of ether oxygens (including phenoxy) is 1. The third kappa shape index (κ3) is 4.06. The molecule has 6 heteroatoms. The summed E-state index contributed by atoms with van der Waals surface area (Å²) in [7, 11) is 1.36. The fraction of sp³-hybridized carbons (Fsp3) is 0.0909. The average Bonchev–Trinajstić information content (AvgIpc) is 2.74. The van der Waals surface area contributed by atoms with Crippen molar-refractivity contribution in [3.63, 3.8) is 0 Å². The Morgan fingerprint density at radius 3 is 2.39 bits per heavy atom. The second-order valence-electron chi connectivity index (χ2n) is 6.16. The first-order chi connectivity index (χ1) is 13.5. The maximum Gasteiger partial charge on any atom is 0.247 e. The molecule has 0 aliphatic heterocycles. The van der Waals surface area contributed by atoms with Gasteiger partial charge in [0.15, 0.2) is 0 Å². The molecule has 0 saturated carbocycles. The van der Waals surface area contributed by atoms with Crippen molar-refractivity contribution in [2.75, 3.05) is 7.11 Å². The Morgan fingerprint density at radius 2 is 1.71 bits per heavy atom. The third-order valence-electron chi connectivity index (χ3n) is 4.32.